The van der Waals surface area contributed by atoms with Crippen LogP contribution in [-0.4, -0.2) is 48.5 Å². The zero-order chi connectivity index (χ0) is 44.1. The molecule has 0 bridgehead atoms. The Morgan fingerprint density at radius 3 is 1.61 bits per heavy atom. The van der Waals surface area contributed by atoms with Crippen molar-refractivity contribution < 1.29 is 27.6 Å². The molecule has 0 unspecified atom stereocenters. The first-order valence-corrected chi connectivity index (χ1v) is 24.3. The molecule has 4 aromatic rings. The number of nitrogens with zero attached hydrogens (tertiary/aromatic N) is 3. The highest BCUT2D eigenvalue weighted by Crippen LogP contribution is 2.50. The van der Waals surface area contributed by atoms with Crippen molar-refractivity contribution in [3.63, 3.8) is 0 Å². The molecule has 0 spiro atoms. The summed E-state index contributed by atoms with van der Waals surface area (Å²) in [5.41, 5.74) is 11.7. The van der Waals surface area contributed by atoms with Gasteiger partial charge in [0.1, 0.15) is 0 Å². The molecule has 0 amide bonds. The highest BCUT2D eigenvalue weighted by molar-refractivity contribution is 7.94. The normalized spacial score (nSPS) is 19.3. The third kappa shape index (κ3) is 10.1. The molecule has 0 atom stereocenters. The lowest BCUT2D eigenvalue weighted by molar-refractivity contribution is -0.432. The number of anilines is 2. The molecule has 2 aliphatic heterocycles. The Balaban J connectivity index is 1.35. The average molecular weight is 916 g/mol. The van der Waals surface area contributed by atoms with Crippen LogP contribution in [-0.2, 0) is 30.3 Å². The third-order valence-electron chi connectivity index (χ3n) is 12.1. The van der Waals surface area contributed by atoms with Crippen molar-refractivity contribution in [1.82, 2.24) is 4.58 Å². The molecule has 0 saturated heterocycles. The Morgan fingerprint density at radius 2 is 1.16 bits per heavy atom. The predicted molar refractivity (Wildman–Crippen MR) is 257 cm³/mol. The molecule has 0 aromatic heterocycles. The van der Waals surface area contributed by atoms with Crippen LogP contribution in [0.2, 0.25) is 10.0 Å². The fourth-order valence-electron chi connectivity index (χ4n) is 9.06. The van der Waals surface area contributed by atoms with Crippen molar-refractivity contribution in [1.29, 1.82) is 0 Å². The monoisotopic (exact) mass is 914 g/mol. The minimum atomic E-state index is -4.05. The van der Waals surface area contributed by atoms with E-state index in [9.17, 15) is 13.0 Å². The summed E-state index contributed by atoms with van der Waals surface area (Å²) in [6, 6.07) is 33.1. The Kier molecular flexibility index (Phi) is 14.6. The van der Waals surface area contributed by atoms with Crippen LogP contribution in [0.5, 0.6) is 0 Å². The van der Waals surface area contributed by atoms with E-state index in [-0.39, 0.29) is 11.2 Å². The lowest BCUT2D eigenvalue weighted by Gasteiger charge is -2.27. The molecule has 1 fully saturated rings. The van der Waals surface area contributed by atoms with Crippen LogP contribution in [0.3, 0.4) is 0 Å². The number of halogens is 2. The second-order valence-electron chi connectivity index (χ2n) is 16.9. The van der Waals surface area contributed by atoms with Gasteiger partial charge in [0.05, 0.1) is 5.75 Å². The van der Waals surface area contributed by atoms with Gasteiger partial charge in [0.25, 0.3) is 10.1 Å². The molecule has 9 nitrogen and oxygen atoms in total. The first kappa shape index (κ1) is 45.8. The molecular formula is C49H54Cl2N3O6S2+. The summed E-state index contributed by atoms with van der Waals surface area (Å²) in [6.07, 6.45) is 13.4. The highest BCUT2D eigenvalue weighted by Gasteiger charge is 2.42. The van der Waals surface area contributed by atoms with Crippen molar-refractivity contribution in [3.05, 3.63) is 165 Å². The molecule has 3 aliphatic rings. The molecule has 2 heterocycles. The number of hydrogen-bond donors (Lipinski definition) is 2. The van der Waals surface area contributed by atoms with E-state index in [2.05, 4.69) is 136 Å². The molecular weight excluding hydrogens is 862 g/mol. The van der Waals surface area contributed by atoms with E-state index in [0.29, 0.717) is 35.2 Å². The molecule has 13 heteroatoms. The Bertz CT molecular complexity index is 2500. The number of fused-ring (bicyclic) bond motifs is 2. The third-order valence-corrected chi connectivity index (χ3v) is 14.0. The van der Waals surface area contributed by atoms with Gasteiger partial charge in [-0.1, -0.05) is 104 Å². The minimum Gasteiger partial charge on any atom is -0.344 e. The van der Waals surface area contributed by atoms with E-state index in [1.54, 1.807) is 0 Å². The van der Waals surface area contributed by atoms with Crippen LogP contribution in [0.15, 0.2) is 144 Å². The van der Waals surface area contributed by atoms with Crippen LogP contribution in [0.1, 0.15) is 77.3 Å². The van der Waals surface area contributed by atoms with Gasteiger partial charge in [-0.15, -0.1) is 4.33 Å². The molecule has 2 N–H and O–H groups in total. The van der Waals surface area contributed by atoms with E-state index in [1.165, 1.54) is 22.4 Å². The fourth-order valence-corrected chi connectivity index (χ4v) is 10.4. The molecule has 326 valence electrons. The Labute approximate surface area is 380 Å². The van der Waals surface area contributed by atoms with Gasteiger partial charge in [0, 0.05) is 110 Å². The van der Waals surface area contributed by atoms with Crippen LogP contribution in [0.4, 0.5) is 22.7 Å². The molecule has 1 aliphatic carbocycles. The maximum Gasteiger partial charge on any atom is 0.264 e. The first-order chi connectivity index (χ1) is 29.7. The van der Waals surface area contributed by atoms with Gasteiger partial charge >= 0.3 is 0 Å². The standard InChI is InChI=1S/C49H53Cl2N3O6S2/c1-48(2)41-33-37(50)23-25-43(41)52(29-11-13-31-61-60-59-55)45(48)27-21-35-19-20-36(47(35)54(39-15-7-5-8-16-39)40-17-9-6-10-18-40)22-28-46-49(3,4)42-34-38(51)24-26-44(42)53(46)30-12-14-32-62(56,57)58/h5-10,15-18,21-28,33-34H,11-14,19-20,29-32H2,1-4H3,(H-,55,56,57,58)/p+1. The lowest BCUT2D eigenvalue weighted by atomic mass is 9.83. The van der Waals surface area contributed by atoms with Crippen molar-refractivity contribution >= 4 is 73.8 Å². The molecule has 0 radical (unpaired) electrons. The van der Waals surface area contributed by atoms with E-state index >= 15 is 0 Å². The van der Waals surface area contributed by atoms with Gasteiger partial charge in [-0.25, -0.2) is 5.26 Å². The van der Waals surface area contributed by atoms with Gasteiger partial charge in [-0.2, -0.15) is 13.0 Å². The summed E-state index contributed by atoms with van der Waals surface area (Å²) in [7, 11) is -4.05. The molecule has 7 rings (SSSR count). The summed E-state index contributed by atoms with van der Waals surface area (Å²) in [4.78, 5) is 4.69. The summed E-state index contributed by atoms with van der Waals surface area (Å²) in [5, 5.41) is 13.7. The van der Waals surface area contributed by atoms with Crippen molar-refractivity contribution in [2.75, 3.05) is 34.4 Å². The van der Waals surface area contributed by atoms with Gasteiger partial charge in [0.2, 0.25) is 17.1 Å². The Hall–Kier alpha value is -4.17. The van der Waals surface area contributed by atoms with Gasteiger partial charge in [-0.05, 0) is 98.2 Å². The number of rotatable bonds is 16. The van der Waals surface area contributed by atoms with Crippen molar-refractivity contribution in [3.8, 4) is 0 Å². The topological polar surface area (TPSA) is 103 Å². The van der Waals surface area contributed by atoms with Crippen LogP contribution in [0, 0.1) is 0 Å². The molecule has 4 aromatic carbocycles. The smallest absolute Gasteiger partial charge is 0.264 e. The van der Waals surface area contributed by atoms with Gasteiger partial charge < -0.3 is 9.80 Å². The zero-order valence-corrected chi connectivity index (χ0v) is 38.7. The lowest BCUT2D eigenvalue weighted by Crippen LogP contribution is -2.27. The van der Waals surface area contributed by atoms with Crippen LogP contribution in [0.25, 0.3) is 0 Å². The SMILES string of the molecule is CC1(C)C(=C/C=C2/CC/C(=C\C=C3N(CCCCS(=O)(=O)O)c4ccc(Cl)cc4C3(C)C)C2=[N+](c2ccccc2)c2ccccc2)N(CCCCSOOO)c2ccc(Cl)cc21. The predicted octanol–water partition coefficient (Wildman–Crippen LogP) is 12.8. The zero-order valence-electron chi connectivity index (χ0n) is 35.6. The maximum atomic E-state index is 11.6. The summed E-state index contributed by atoms with van der Waals surface area (Å²) >= 11 is 14.3. The summed E-state index contributed by atoms with van der Waals surface area (Å²) < 4.78 is 39.6. The fraction of sp³-hybridized carbons (Fsp3) is 0.327. The van der Waals surface area contributed by atoms with E-state index in [4.69, 9.17) is 28.5 Å². The summed E-state index contributed by atoms with van der Waals surface area (Å²) in [5.74, 6) is 0.402. The van der Waals surface area contributed by atoms with Crippen molar-refractivity contribution in [2.24, 2.45) is 0 Å². The average Bonchev–Trinajstić information content (AvgIpc) is 3.80. The maximum absolute atomic E-state index is 11.6. The van der Waals surface area contributed by atoms with E-state index < -0.39 is 15.5 Å². The van der Waals surface area contributed by atoms with Gasteiger partial charge in [-0.3, -0.25) is 4.55 Å². The van der Waals surface area contributed by atoms with Gasteiger partial charge in [0.15, 0.2) is 0 Å². The molecule has 1 saturated carbocycles. The highest BCUT2D eigenvalue weighted by atomic mass is 35.5. The van der Waals surface area contributed by atoms with E-state index in [0.717, 1.165) is 84.0 Å². The minimum absolute atomic E-state index is 0.274. The van der Waals surface area contributed by atoms with Crippen molar-refractivity contribution in [2.45, 2.75) is 77.0 Å². The van der Waals surface area contributed by atoms with Crippen LogP contribution < -0.4 is 14.4 Å². The number of para-hydroxylation sites is 2. The summed E-state index contributed by atoms with van der Waals surface area (Å²) in [6.45, 7) is 10.3. The number of hydrogen-bond acceptors (Lipinski definition) is 8. The largest absolute Gasteiger partial charge is 0.344 e. The second kappa shape index (κ2) is 19.7. The molecule has 62 heavy (non-hydrogen) atoms. The quantitative estimate of drug-likeness (QED) is 0.0284. The second-order valence-corrected chi connectivity index (χ2v) is 20.1. The van der Waals surface area contributed by atoms with Crippen LogP contribution >= 0.6 is 35.2 Å². The van der Waals surface area contributed by atoms with E-state index in [1.807, 2.05) is 36.4 Å². The first-order valence-electron chi connectivity index (χ1n) is 21.0. The number of allylic oxidation sites excluding steroid dienone is 8. The number of unbranched alkanes of at least 4 members (excludes halogenated alkanes) is 2. The number of benzene rings is 4. The Morgan fingerprint density at radius 1 is 0.694 bits per heavy atom.